The largest absolute Gasteiger partial charge is 0.330 e. The Bertz CT molecular complexity index is 245. The summed E-state index contributed by atoms with van der Waals surface area (Å²) < 4.78 is 0. The van der Waals surface area contributed by atoms with Gasteiger partial charge in [-0.15, -0.1) is 12.4 Å². The van der Waals surface area contributed by atoms with Crippen LogP contribution in [0.4, 0.5) is 0 Å². The van der Waals surface area contributed by atoms with Gasteiger partial charge in [-0.2, -0.15) is 0 Å². The maximum Gasteiger partial charge on any atom is -0.00773 e. The Morgan fingerprint density at radius 1 is 0.433 bits per heavy atom. The first-order chi connectivity index (χ1) is 14.2. The predicted molar refractivity (Wildman–Crippen MR) is 144 cm³/mol. The average molecular weight is 448 g/mol. The molecule has 0 heterocycles. The van der Waals surface area contributed by atoms with Crippen molar-refractivity contribution in [1.82, 2.24) is 0 Å². The Morgan fingerprint density at radius 2 is 0.700 bits per heavy atom. The van der Waals surface area contributed by atoms with E-state index in [0.717, 1.165) is 12.5 Å². The first kappa shape index (κ1) is 34.9. The van der Waals surface area contributed by atoms with Gasteiger partial charge in [-0.25, -0.2) is 0 Å². The second kappa shape index (κ2) is 33.9. The van der Waals surface area contributed by atoms with Crippen LogP contribution in [-0.4, -0.2) is 6.54 Å². The lowest BCUT2D eigenvalue weighted by Crippen LogP contribution is -1.97. The lowest BCUT2D eigenvalue weighted by molar-refractivity contribution is 0.504. The smallest absolute Gasteiger partial charge is 0.00773 e. The van der Waals surface area contributed by atoms with Gasteiger partial charge in [0.15, 0.2) is 0 Å². The summed E-state index contributed by atoms with van der Waals surface area (Å²) in [5.41, 5.74) is 5.42. The molecule has 0 aromatic carbocycles. The second-order valence-corrected chi connectivity index (χ2v) is 9.69. The minimum Gasteiger partial charge on any atom is -0.330 e. The van der Waals surface area contributed by atoms with E-state index in [1.54, 1.807) is 0 Å². The van der Waals surface area contributed by atoms with Crippen molar-refractivity contribution in [3.8, 4) is 0 Å². The van der Waals surface area contributed by atoms with Crippen molar-refractivity contribution in [2.75, 3.05) is 6.54 Å². The predicted octanol–water partition coefficient (Wildman–Crippen LogP) is 10.6. The lowest BCUT2D eigenvalue weighted by Gasteiger charge is -2.04. The summed E-state index contributed by atoms with van der Waals surface area (Å²) in [6.07, 6.45) is 31.4. The molecule has 2 N–H and O–H groups in total. The molecule has 0 aromatic rings. The summed E-state index contributed by atoms with van der Waals surface area (Å²) >= 11 is 0. The molecule has 0 aliphatic heterocycles. The molecule has 0 unspecified atom stereocenters. The van der Waals surface area contributed by atoms with Gasteiger partial charge in [0.1, 0.15) is 0 Å². The molecule has 0 fully saturated rings. The molecule has 2 heteroatoms. The summed E-state index contributed by atoms with van der Waals surface area (Å²) in [7, 11) is 0. The van der Waals surface area contributed by atoms with Crippen LogP contribution in [-0.2, 0) is 0 Å². The van der Waals surface area contributed by atoms with Gasteiger partial charge in [-0.05, 0) is 18.9 Å². The molecule has 1 nitrogen and oxygen atoms in total. The van der Waals surface area contributed by atoms with Crippen molar-refractivity contribution < 1.29 is 0 Å². The monoisotopic (exact) mass is 447 g/mol. The second-order valence-electron chi connectivity index (χ2n) is 9.69. The normalized spacial score (nSPS) is 10.6. The van der Waals surface area contributed by atoms with Gasteiger partial charge in [0, 0.05) is 0 Å². The van der Waals surface area contributed by atoms with Gasteiger partial charge >= 0.3 is 0 Å². The number of hydrogen-bond acceptors (Lipinski definition) is 1. The van der Waals surface area contributed by atoms with Crippen molar-refractivity contribution in [1.29, 1.82) is 0 Å². The number of hydrogen-bond donors (Lipinski definition) is 1. The first-order valence-corrected chi connectivity index (χ1v) is 13.9. The van der Waals surface area contributed by atoms with Crippen LogP contribution < -0.4 is 5.73 Å². The average Bonchev–Trinajstić information content (AvgIpc) is 2.71. The van der Waals surface area contributed by atoms with Crippen LogP contribution in [0.25, 0.3) is 0 Å². The molecular weight excluding hydrogens is 386 g/mol. The van der Waals surface area contributed by atoms with Crippen LogP contribution in [0, 0.1) is 5.92 Å². The fourth-order valence-electron chi connectivity index (χ4n) is 3.85. The third-order valence-electron chi connectivity index (χ3n) is 5.94. The van der Waals surface area contributed by atoms with Crippen molar-refractivity contribution >= 4 is 12.4 Å². The van der Waals surface area contributed by atoms with E-state index < -0.39 is 0 Å². The highest BCUT2D eigenvalue weighted by Crippen LogP contribution is 2.13. The van der Waals surface area contributed by atoms with Crippen molar-refractivity contribution in [2.45, 2.75) is 169 Å². The highest BCUT2D eigenvalue weighted by atomic mass is 35.5. The molecule has 0 aliphatic carbocycles. The maximum absolute atomic E-state index is 5.42. The minimum absolute atomic E-state index is 0. The van der Waals surface area contributed by atoms with E-state index in [1.165, 1.54) is 141 Å². The van der Waals surface area contributed by atoms with E-state index in [4.69, 9.17) is 5.73 Å². The zero-order valence-electron chi connectivity index (χ0n) is 21.8. The third-order valence-corrected chi connectivity index (χ3v) is 5.94. The van der Waals surface area contributed by atoms with E-state index in [-0.39, 0.29) is 12.4 Å². The molecule has 0 rings (SSSR count). The molecule has 0 radical (unpaired) electrons. The molecule has 0 saturated carbocycles. The highest BCUT2D eigenvalue weighted by Gasteiger charge is 1.95. The van der Waals surface area contributed by atoms with Gasteiger partial charge in [-0.3, -0.25) is 0 Å². The van der Waals surface area contributed by atoms with E-state index in [2.05, 4.69) is 27.7 Å². The number of halogens is 1. The molecule has 0 amide bonds. The SMILES string of the molecule is CCCCCCCCCCCCCC(C)C.CCCCCCCCCCCCN.Cl. The van der Waals surface area contributed by atoms with Crippen LogP contribution in [0.5, 0.6) is 0 Å². The molecule has 0 spiro atoms. The standard InChI is InChI=1S/C16H34.C12H27N.ClH/c1-4-5-6-7-8-9-10-11-12-13-14-15-16(2)3;1-2-3-4-5-6-7-8-9-10-11-12-13;/h16H,4-15H2,1-3H3;2-13H2,1H3;1H. The number of rotatable bonds is 22. The van der Waals surface area contributed by atoms with E-state index in [0.29, 0.717) is 0 Å². The van der Waals surface area contributed by atoms with E-state index in [9.17, 15) is 0 Å². The Morgan fingerprint density at radius 3 is 0.967 bits per heavy atom. The first-order valence-electron chi connectivity index (χ1n) is 13.9. The topological polar surface area (TPSA) is 26.0 Å². The molecule has 0 saturated heterocycles. The zero-order chi connectivity index (χ0) is 21.8. The lowest BCUT2D eigenvalue weighted by atomic mass is 10.0. The molecule has 186 valence electrons. The molecule has 30 heavy (non-hydrogen) atoms. The fourth-order valence-corrected chi connectivity index (χ4v) is 3.85. The summed E-state index contributed by atoms with van der Waals surface area (Å²) in [5, 5.41) is 0. The zero-order valence-corrected chi connectivity index (χ0v) is 22.6. The molecule has 0 aromatic heterocycles. The minimum atomic E-state index is 0. The highest BCUT2D eigenvalue weighted by molar-refractivity contribution is 5.85. The van der Waals surface area contributed by atoms with Gasteiger partial charge in [0.2, 0.25) is 0 Å². The Kier molecular flexibility index (Phi) is 39.4. The summed E-state index contributed by atoms with van der Waals surface area (Å²) in [5.74, 6) is 0.901. The fraction of sp³-hybridized carbons (Fsp3) is 1.00. The van der Waals surface area contributed by atoms with Crippen molar-refractivity contribution in [3.63, 3.8) is 0 Å². The van der Waals surface area contributed by atoms with Crippen molar-refractivity contribution in [2.24, 2.45) is 11.7 Å². The molecule has 0 bridgehead atoms. The van der Waals surface area contributed by atoms with Gasteiger partial charge < -0.3 is 5.73 Å². The summed E-state index contributed by atoms with van der Waals surface area (Å²) in [6, 6.07) is 0. The molecule has 0 atom stereocenters. The van der Waals surface area contributed by atoms with Crippen LogP contribution >= 0.6 is 12.4 Å². The van der Waals surface area contributed by atoms with Crippen LogP contribution in [0.1, 0.15) is 169 Å². The number of nitrogens with two attached hydrogens (primary N) is 1. The Hall–Kier alpha value is 0.250. The molecular formula is C28H62ClN. The molecule has 0 aliphatic rings. The van der Waals surface area contributed by atoms with Gasteiger partial charge in [0.25, 0.3) is 0 Å². The third kappa shape index (κ3) is 38.8. The van der Waals surface area contributed by atoms with Crippen LogP contribution in [0.3, 0.4) is 0 Å². The maximum atomic E-state index is 5.42. The van der Waals surface area contributed by atoms with Gasteiger partial charge in [0.05, 0.1) is 0 Å². The Labute approximate surface area is 199 Å². The van der Waals surface area contributed by atoms with Crippen LogP contribution in [0.2, 0.25) is 0 Å². The quantitative estimate of drug-likeness (QED) is 0.164. The van der Waals surface area contributed by atoms with Crippen molar-refractivity contribution in [3.05, 3.63) is 0 Å². The van der Waals surface area contributed by atoms with Crippen LogP contribution in [0.15, 0.2) is 0 Å². The summed E-state index contributed by atoms with van der Waals surface area (Å²) in [4.78, 5) is 0. The van der Waals surface area contributed by atoms with E-state index in [1.807, 2.05) is 0 Å². The van der Waals surface area contributed by atoms with E-state index >= 15 is 0 Å². The number of unbranched alkanes of at least 4 members (excludes halogenated alkanes) is 19. The summed E-state index contributed by atoms with van der Waals surface area (Å²) in [6.45, 7) is 10.1. The Balaban J connectivity index is -0.000000480. The van der Waals surface area contributed by atoms with Gasteiger partial charge in [-0.1, -0.05) is 163 Å².